The fourth-order valence-electron chi connectivity index (χ4n) is 3.58. The monoisotopic (exact) mass is 435 g/mol. The second kappa shape index (κ2) is 8.80. The Hall–Kier alpha value is -3.34. The van der Waals surface area contributed by atoms with E-state index in [0.717, 1.165) is 12.3 Å². The van der Waals surface area contributed by atoms with Gasteiger partial charge < -0.3 is 32.8 Å². The molecule has 31 heavy (non-hydrogen) atoms. The molecular formula is C20H24F3N7O. The Morgan fingerprint density at radius 2 is 2.03 bits per heavy atom. The van der Waals surface area contributed by atoms with Gasteiger partial charge in [0.05, 0.1) is 17.3 Å². The van der Waals surface area contributed by atoms with Gasteiger partial charge in [-0.2, -0.15) is 0 Å². The summed E-state index contributed by atoms with van der Waals surface area (Å²) in [5.74, 6) is -5.33. The third kappa shape index (κ3) is 4.55. The topological polar surface area (TPSA) is 142 Å². The van der Waals surface area contributed by atoms with Gasteiger partial charge in [-0.3, -0.25) is 4.79 Å². The minimum Gasteiger partial charge on any atom is -0.388 e. The van der Waals surface area contributed by atoms with Crippen LogP contribution < -0.4 is 27.4 Å². The van der Waals surface area contributed by atoms with E-state index in [-0.39, 0.29) is 30.0 Å². The molecule has 1 unspecified atom stereocenters. The number of carbonyl (C=O) groups excluding carboxylic acids is 1. The molecule has 0 aliphatic heterocycles. The van der Waals surface area contributed by atoms with Gasteiger partial charge >= 0.3 is 0 Å². The van der Waals surface area contributed by atoms with Crippen LogP contribution in [0, 0.1) is 11.2 Å². The number of nitrogens with two attached hydrogens (primary N) is 2. The molecule has 1 aromatic heterocycles. The number of hydrogen-bond acceptors (Lipinski definition) is 7. The van der Waals surface area contributed by atoms with E-state index >= 15 is 0 Å². The zero-order valence-corrected chi connectivity index (χ0v) is 16.8. The third-order valence-electron chi connectivity index (χ3n) is 5.28. The van der Waals surface area contributed by atoms with E-state index in [9.17, 15) is 18.0 Å². The van der Waals surface area contributed by atoms with Crippen molar-refractivity contribution in [2.24, 2.45) is 11.5 Å². The van der Waals surface area contributed by atoms with Gasteiger partial charge in [-0.1, -0.05) is 6.07 Å². The van der Waals surface area contributed by atoms with Crippen molar-refractivity contribution >= 4 is 35.1 Å². The average molecular weight is 435 g/mol. The van der Waals surface area contributed by atoms with Crippen LogP contribution in [0.1, 0.15) is 35.2 Å². The standard InChI is InChI=1S/C20H24F3N7O/c1-27-13-4-2-5-14(11(13)9-24)28-18-10(17(26)31)8-12(21)19(30-18)29-15-6-3-7-20(22,23)16(15)25/h2,4-5,8-9,15-16,24,27H,3,6-7,25H2,1H3,(H2,26,31)(H2,28,29,30)/t15?,16-/m1/s1. The Balaban J connectivity index is 1.99. The summed E-state index contributed by atoms with van der Waals surface area (Å²) in [6.07, 6.45) is 1.32. The minimum absolute atomic E-state index is 0.0797. The van der Waals surface area contributed by atoms with Gasteiger partial charge in [0.1, 0.15) is 5.82 Å². The van der Waals surface area contributed by atoms with Crippen LogP contribution in [-0.2, 0) is 0 Å². The minimum atomic E-state index is -3.08. The van der Waals surface area contributed by atoms with E-state index in [1.807, 2.05) is 0 Å². The highest BCUT2D eigenvalue weighted by Crippen LogP contribution is 2.35. The van der Waals surface area contributed by atoms with Gasteiger partial charge in [-0.05, 0) is 31.0 Å². The van der Waals surface area contributed by atoms with Crippen molar-refractivity contribution in [2.45, 2.75) is 37.3 Å². The van der Waals surface area contributed by atoms with Gasteiger partial charge in [-0.25, -0.2) is 18.2 Å². The Morgan fingerprint density at radius 1 is 1.32 bits per heavy atom. The maximum atomic E-state index is 14.6. The number of anilines is 4. The number of nitrogens with one attached hydrogen (secondary N) is 4. The van der Waals surface area contributed by atoms with Crippen LogP contribution in [0.2, 0.25) is 0 Å². The predicted molar refractivity (Wildman–Crippen MR) is 114 cm³/mol. The largest absolute Gasteiger partial charge is 0.388 e. The molecule has 8 N–H and O–H groups in total. The maximum Gasteiger partial charge on any atom is 0.264 e. The molecule has 1 amide bonds. The molecular weight excluding hydrogens is 411 g/mol. The smallest absolute Gasteiger partial charge is 0.264 e. The second-order valence-electron chi connectivity index (χ2n) is 7.30. The van der Waals surface area contributed by atoms with Crippen LogP contribution in [0.5, 0.6) is 0 Å². The van der Waals surface area contributed by atoms with Crippen molar-refractivity contribution < 1.29 is 18.0 Å². The number of nitrogens with zero attached hydrogens (tertiary/aromatic N) is 1. The lowest BCUT2D eigenvalue weighted by Gasteiger charge is -2.36. The highest BCUT2D eigenvalue weighted by atomic mass is 19.3. The van der Waals surface area contributed by atoms with Crippen molar-refractivity contribution in [1.82, 2.24) is 4.98 Å². The first kappa shape index (κ1) is 22.3. The van der Waals surface area contributed by atoms with Crippen molar-refractivity contribution in [3.8, 4) is 0 Å². The zero-order valence-electron chi connectivity index (χ0n) is 16.8. The average Bonchev–Trinajstić information content (AvgIpc) is 2.72. The molecule has 1 saturated carbocycles. The number of carbonyl (C=O) groups is 1. The first-order valence-electron chi connectivity index (χ1n) is 9.66. The van der Waals surface area contributed by atoms with Crippen molar-refractivity contribution in [3.63, 3.8) is 0 Å². The molecule has 1 aliphatic rings. The number of benzene rings is 1. The van der Waals surface area contributed by atoms with Crippen LogP contribution in [0.25, 0.3) is 0 Å². The molecule has 166 valence electrons. The molecule has 0 bridgehead atoms. The van der Waals surface area contributed by atoms with Crippen LogP contribution in [0.15, 0.2) is 24.3 Å². The summed E-state index contributed by atoms with van der Waals surface area (Å²) >= 11 is 0. The molecule has 11 heteroatoms. The van der Waals surface area contributed by atoms with E-state index in [2.05, 4.69) is 20.9 Å². The van der Waals surface area contributed by atoms with E-state index in [0.29, 0.717) is 23.4 Å². The number of aromatic nitrogens is 1. The zero-order chi connectivity index (χ0) is 22.8. The van der Waals surface area contributed by atoms with Gasteiger partial charge in [0.2, 0.25) is 0 Å². The lowest BCUT2D eigenvalue weighted by molar-refractivity contribution is -0.0555. The van der Waals surface area contributed by atoms with E-state index in [1.165, 1.54) is 0 Å². The van der Waals surface area contributed by atoms with Crippen LogP contribution in [0.4, 0.5) is 36.2 Å². The summed E-state index contributed by atoms with van der Waals surface area (Å²) in [6.45, 7) is 0. The molecule has 0 radical (unpaired) electrons. The molecule has 1 fully saturated rings. The van der Waals surface area contributed by atoms with Crippen molar-refractivity contribution in [2.75, 3.05) is 23.0 Å². The SMILES string of the molecule is CNc1cccc(Nc2nc(NC3CCCC(F)(F)[C@@H]3N)c(F)cc2C(N)=O)c1C=N. The number of alkyl halides is 2. The number of amides is 1. The Morgan fingerprint density at radius 3 is 2.68 bits per heavy atom. The fourth-order valence-corrected chi connectivity index (χ4v) is 3.58. The highest BCUT2D eigenvalue weighted by Gasteiger charge is 2.45. The molecule has 1 aromatic carbocycles. The van der Waals surface area contributed by atoms with Gasteiger partial charge in [0.15, 0.2) is 11.6 Å². The van der Waals surface area contributed by atoms with E-state index < -0.39 is 29.7 Å². The number of pyridine rings is 1. The molecule has 1 heterocycles. The van der Waals surface area contributed by atoms with Gasteiger partial charge in [0, 0.05) is 37.0 Å². The fraction of sp³-hybridized carbons (Fsp3) is 0.350. The first-order valence-corrected chi connectivity index (χ1v) is 9.66. The van der Waals surface area contributed by atoms with Crippen LogP contribution >= 0.6 is 0 Å². The Bertz CT molecular complexity index is 999. The molecule has 3 rings (SSSR count). The van der Waals surface area contributed by atoms with E-state index in [4.69, 9.17) is 16.9 Å². The van der Waals surface area contributed by atoms with Crippen molar-refractivity contribution in [1.29, 1.82) is 5.41 Å². The lowest BCUT2D eigenvalue weighted by Crippen LogP contribution is -2.55. The van der Waals surface area contributed by atoms with Gasteiger partial charge in [-0.15, -0.1) is 0 Å². The molecule has 2 aromatic rings. The van der Waals surface area contributed by atoms with Crippen molar-refractivity contribution in [3.05, 3.63) is 41.2 Å². The summed E-state index contributed by atoms with van der Waals surface area (Å²) in [5, 5.41) is 16.1. The highest BCUT2D eigenvalue weighted by molar-refractivity contribution is 6.00. The summed E-state index contributed by atoms with van der Waals surface area (Å²) < 4.78 is 42.6. The summed E-state index contributed by atoms with van der Waals surface area (Å²) in [4.78, 5) is 16.0. The Labute approximate surface area is 177 Å². The summed E-state index contributed by atoms with van der Waals surface area (Å²) in [6, 6.07) is 3.57. The number of hydrogen-bond donors (Lipinski definition) is 6. The molecule has 0 spiro atoms. The normalized spacial score (nSPS) is 20.0. The first-order chi connectivity index (χ1) is 14.7. The molecule has 0 saturated heterocycles. The maximum absolute atomic E-state index is 14.6. The second-order valence-corrected chi connectivity index (χ2v) is 7.30. The third-order valence-corrected chi connectivity index (χ3v) is 5.28. The van der Waals surface area contributed by atoms with Gasteiger partial charge in [0.25, 0.3) is 11.8 Å². The van der Waals surface area contributed by atoms with Crippen LogP contribution in [-0.4, -0.2) is 42.2 Å². The predicted octanol–water partition coefficient (Wildman–Crippen LogP) is 3.03. The van der Waals surface area contributed by atoms with Crippen LogP contribution in [0.3, 0.4) is 0 Å². The molecule has 8 nitrogen and oxygen atoms in total. The summed E-state index contributed by atoms with van der Waals surface area (Å²) in [7, 11) is 1.68. The van der Waals surface area contributed by atoms with E-state index in [1.54, 1.807) is 25.2 Å². The molecule has 1 aliphatic carbocycles. The number of primary amides is 1. The number of rotatable bonds is 7. The lowest BCUT2D eigenvalue weighted by atomic mass is 9.87. The Kier molecular flexibility index (Phi) is 6.34. The molecule has 2 atom stereocenters. The summed E-state index contributed by atoms with van der Waals surface area (Å²) in [5.41, 5.74) is 12.3. The quantitative estimate of drug-likeness (QED) is 0.369. The number of halogens is 3.